The van der Waals surface area contributed by atoms with Crippen LogP contribution in [-0.4, -0.2) is 39.3 Å². The van der Waals surface area contributed by atoms with Gasteiger partial charge in [0, 0.05) is 31.0 Å². The van der Waals surface area contributed by atoms with Gasteiger partial charge in [-0.3, -0.25) is 4.79 Å². The fraction of sp³-hybridized carbons (Fsp3) is 0.474. The quantitative estimate of drug-likeness (QED) is 0.664. The summed E-state index contributed by atoms with van der Waals surface area (Å²) >= 11 is 1.58. The first kappa shape index (κ1) is 17.9. The Hall–Kier alpha value is -2.48. The molecule has 1 aliphatic heterocycles. The standard InChI is InChI=1S/C19H22N4O3S/c1-12-15(13(2)26-22-12)5-6-17(24)23-9-7-14(8-10-23)18-20-21-19(27-18)16-4-3-11-25-16/h3-4,11,14H,5-10H2,1-2H3. The monoisotopic (exact) mass is 386 g/mol. The van der Waals surface area contributed by atoms with Gasteiger partial charge in [0.05, 0.1) is 12.0 Å². The van der Waals surface area contributed by atoms with E-state index in [1.54, 1.807) is 17.6 Å². The van der Waals surface area contributed by atoms with E-state index in [2.05, 4.69) is 15.4 Å². The van der Waals surface area contributed by atoms with Crippen molar-refractivity contribution in [3.63, 3.8) is 0 Å². The SMILES string of the molecule is Cc1noc(C)c1CCC(=O)N1CCC(c2nnc(-c3ccco3)s2)CC1. The summed E-state index contributed by atoms with van der Waals surface area (Å²) in [5.41, 5.74) is 1.93. The number of likely N-dealkylation sites (tertiary alicyclic amines) is 1. The normalized spacial score (nSPS) is 15.4. The summed E-state index contributed by atoms with van der Waals surface area (Å²) in [6.45, 7) is 5.34. The number of carbonyl (C=O) groups is 1. The lowest BCUT2D eigenvalue weighted by Crippen LogP contribution is -2.38. The Morgan fingerprint density at radius 2 is 2.11 bits per heavy atom. The van der Waals surface area contributed by atoms with Gasteiger partial charge in [0.25, 0.3) is 0 Å². The lowest BCUT2D eigenvalue weighted by molar-refractivity contribution is -0.132. The summed E-state index contributed by atoms with van der Waals surface area (Å²) in [4.78, 5) is 14.5. The van der Waals surface area contributed by atoms with Crippen LogP contribution in [0.2, 0.25) is 0 Å². The predicted molar refractivity (Wildman–Crippen MR) is 100 cm³/mol. The fourth-order valence-electron chi connectivity index (χ4n) is 3.52. The van der Waals surface area contributed by atoms with Crippen LogP contribution in [0.4, 0.5) is 0 Å². The van der Waals surface area contributed by atoms with Crippen LogP contribution in [0.15, 0.2) is 27.3 Å². The van der Waals surface area contributed by atoms with Crippen molar-refractivity contribution in [2.75, 3.05) is 13.1 Å². The number of carbonyl (C=O) groups excluding carboxylic acids is 1. The average Bonchev–Trinajstić information content (AvgIpc) is 3.42. The molecule has 1 amide bonds. The van der Waals surface area contributed by atoms with Crippen LogP contribution in [-0.2, 0) is 11.2 Å². The molecule has 7 nitrogen and oxygen atoms in total. The van der Waals surface area contributed by atoms with E-state index in [4.69, 9.17) is 8.94 Å². The molecule has 1 saturated heterocycles. The Labute approximate surface area is 161 Å². The maximum atomic E-state index is 12.6. The van der Waals surface area contributed by atoms with Crippen LogP contribution < -0.4 is 0 Å². The van der Waals surface area contributed by atoms with Gasteiger partial charge in [0.1, 0.15) is 10.8 Å². The molecule has 0 N–H and O–H groups in total. The second-order valence-corrected chi connectivity index (χ2v) is 7.89. The molecule has 1 fully saturated rings. The Bertz CT molecular complexity index is 888. The summed E-state index contributed by atoms with van der Waals surface area (Å²) in [5, 5.41) is 14.4. The molecule has 0 bridgehead atoms. The van der Waals surface area contributed by atoms with E-state index in [1.807, 2.05) is 30.9 Å². The summed E-state index contributed by atoms with van der Waals surface area (Å²) < 4.78 is 10.6. The van der Waals surface area contributed by atoms with Gasteiger partial charge in [0.2, 0.25) is 5.91 Å². The lowest BCUT2D eigenvalue weighted by Gasteiger charge is -2.31. The van der Waals surface area contributed by atoms with E-state index in [0.717, 1.165) is 58.7 Å². The summed E-state index contributed by atoms with van der Waals surface area (Å²) in [6, 6.07) is 3.74. The number of hydrogen-bond acceptors (Lipinski definition) is 7. The Morgan fingerprint density at radius 1 is 1.30 bits per heavy atom. The van der Waals surface area contributed by atoms with Gasteiger partial charge in [-0.15, -0.1) is 10.2 Å². The molecule has 4 rings (SSSR count). The van der Waals surface area contributed by atoms with Gasteiger partial charge < -0.3 is 13.8 Å². The molecule has 1 aliphatic rings. The van der Waals surface area contributed by atoms with E-state index in [9.17, 15) is 4.79 Å². The molecule has 0 radical (unpaired) electrons. The zero-order valence-corrected chi connectivity index (χ0v) is 16.3. The molecule has 3 aromatic heterocycles. The lowest BCUT2D eigenvalue weighted by atomic mass is 9.97. The van der Waals surface area contributed by atoms with Crippen LogP contribution >= 0.6 is 11.3 Å². The highest BCUT2D eigenvalue weighted by Gasteiger charge is 2.26. The van der Waals surface area contributed by atoms with Crippen molar-refractivity contribution in [2.24, 2.45) is 0 Å². The number of nitrogens with zero attached hydrogens (tertiary/aromatic N) is 4. The maximum absolute atomic E-state index is 12.6. The summed E-state index contributed by atoms with van der Waals surface area (Å²) in [7, 11) is 0. The Balaban J connectivity index is 1.30. The highest BCUT2D eigenvalue weighted by atomic mass is 32.1. The van der Waals surface area contributed by atoms with Crippen LogP contribution in [0, 0.1) is 13.8 Å². The van der Waals surface area contributed by atoms with Crippen LogP contribution in [0.3, 0.4) is 0 Å². The van der Waals surface area contributed by atoms with E-state index in [1.165, 1.54) is 0 Å². The number of rotatable bonds is 5. The van der Waals surface area contributed by atoms with Crippen molar-refractivity contribution in [3.05, 3.63) is 40.4 Å². The molecule has 3 aromatic rings. The Morgan fingerprint density at radius 3 is 2.78 bits per heavy atom. The van der Waals surface area contributed by atoms with Gasteiger partial charge in [-0.2, -0.15) is 0 Å². The predicted octanol–water partition coefficient (Wildman–Crippen LogP) is 3.74. The third-order valence-corrected chi connectivity index (χ3v) is 6.24. The third kappa shape index (κ3) is 3.80. The largest absolute Gasteiger partial charge is 0.462 e. The minimum Gasteiger partial charge on any atom is -0.462 e. The number of aryl methyl sites for hydroxylation is 2. The first-order chi connectivity index (χ1) is 13.1. The van der Waals surface area contributed by atoms with Gasteiger partial charge in [-0.25, -0.2) is 0 Å². The number of amides is 1. The average molecular weight is 386 g/mol. The molecule has 0 aliphatic carbocycles. The second kappa shape index (κ2) is 7.64. The molecule has 142 valence electrons. The molecule has 0 spiro atoms. The smallest absolute Gasteiger partial charge is 0.222 e. The van der Waals surface area contributed by atoms with Crippen LogP contribution in [0.1, 0.15) is 47.2 Å². The minimum absolute atomic E-state index is 0.196. The molecule has 4 heterocycles. The summed E-state index contributed by atoms with van der Waals surface area (Å²) in [6.07, 6.45) is 4.66. The molecule has 0 atom stereocenters. The van der Waals surface area contributed by atoms with Crippen LogP contribution in [0.5, 0.6) is 0 Å². The molecular weight excluding hydrogens is 364 g/mol. The summed E-state index contributed by atoms with van der Waals surface area (Å²) in [5.74, 6) is 2.12. The second-order valence-electron chi connectivity index (χ2n) is 6.88. The molecule has 8 heteroatoms. The van der Waals surface area contributed by atoms with Gasteiger partial charge in [0.15, 0.2) is 10.8 Å². The van der Waals surface area contributed by atoms with Crippen LogP contribution in [0.25, 0.3) is 10.8 Å². The number of furan rings is 1. The number of hydrogen-bond donors (Lipinski definition) is 0. The van der Waals surface area contributed by atoms with Crippen molar-refractivity contribution in [3.8, 4) is 10.8 Å². The zero-order chi connectivity index (χ0) is 18.8. The first-order valence-corrected chi connectivity index (χ1v) is 10.00. The van der Waals surface area contributed by atoms with Crippen molar-refractivity contribution >= 4 is 17.2 Å². The number of aromatic nitrogens is 3. The van der Waals surface area contributed by atoms with Gasteiger partial charge in [-0.05, 0) is 45.2 Å². The van der Waals surface area contributed by atoms with Crippen molar-refractivity contribution < 1.29 is 13.7 Å². The van der Waals surface area contributed by atoms with Crippen molar-refractivity contribution in [1.29, 1.82) is 0 Å². The molecular formula is C19H22N4O3S. The highest BCUT2D eigenvalue weighted by molar-refractivity contribution is 7.14. The van der Waals surface area contributed by atoms with Crippen molar-refractivity contribution in [2.45, 2.75) is 45.4 Å². The molecule has 27 heavy (non-hydrogen) atoms. The topological polar surface area (TPSA) is 85.3 Å². The Kier molecular flexibility index (Phi) is 5.07. The molecule has 0 unspecified atom stereocenters. The van der Waals surface area contributed by atoms with E-state index < -0.39 is 0 Å². The van der Waals surface area contributed by atoms with Gasteiger partial charge in [-0.1, -0.05) is 16.5 Å². The highest BCUT2D eigenvalue weighted by Crippen LogP contribution is 2.33. The van der Waals surface area contributed by atoms with Crippen molar-refractivity contribution in [1.82, 2.24) is 20.3 Å². The zero-order valence-electron chi connectivity index (χ0n) is 15.5. The van der Waals surface area contributed by atoms with E-state index in [0.29, 0.717) is 18.8 Å². The minimum atomic E-state index is 0.196. The third-order valence-electron chi connectivity index (χ3n) is 5.14. The van der Waals surface area contributed by atoms with E-state index >= 15 is 0 Å². The number of piperidine rings is 1. The fourth-order valence-corrected chi connectivity index (χ4v) is 4.50. The first-order valence-electron chi connectivity index (χ1n) is 9.18. The molecule has 0 aromatic carbocycles. The maximum Gasteiger partial charge on any atom is 0.222 e. The van der Waals surface area contributed by atoms with E-state index in [-0.39, 0.29) is 5.91 Å². The van der Waals surface area contributed by atoms with Gasteiger partial charge >= 0.3 is 0 Å². The molecule has 0 saturated carbocycles.